The second-order valence-electron chi connectivity index (χ2n) is 1.58. The molecule has 0 heterocycles. The first-order valence-electron chi connectivity index (χ1n) is 2.73. The summed E-state index contributed by atoms with van der Waals surface area (Å²) in [5.41, 5.74) is 0. The molecule has 0 aliphatic heterocycles. The van der Waals surface area contributed by atoms with Gasteiger partial charge in [-0.2, -0.15) is 20.5 Å². The van der Waals surface area contributed by atoms with Crippen molar-refractivity contribution in [3.8, 4) is 0 Å². The summed E-state index contributed by atoms with van der Waals surface area (Å²) in [6.07, 6.45) is -1.05. The van der Waals surface area contributed by atoms with Crippen molar-refractivity contribution in [1.29, 1.82) is 0 Å². The zero-order valence-corrected chi connectivity index (χ0v) is 6.38. The van der Waals surface area contributed by atoms with Gasteiger partial charge in [0.25, 0.3) is 5.91 Å². The molecule has 0 aliphatic carbocycles. The second-order valence-corrected chi connectivity index (χ2v) is 2.57. The number of alkyl halides is 2. The van der Waals surface area contributed by atoms with Crippen LogP contribution in [0.5, 0.6) is 0 Å². The van der Waals surface area contributed by atoms with Crippen LogP contribution in [0.25, 0.3) is 0 Å². The highest BCUT2D eigenvalue weighted by molar-refractivity contribution is 7.98. The van der Waals surface area contributed by atoms with Gasteiger partial charge in [0.2, 0.25) is 0 Å². The van der Waals surface area contributed by atoms with Crippen LogP contribution < -0.4 is 5.32 Å². The quantitative estimate of drug-likeness (QED) is 0.628. The van der Waals surface area contributed by atoms with E-state index in [1.807, 2.05) is 6.26 Å². The van der Waals surface area contributed by atoms with Crippen molar-refractivity contribution in [3.05, 3.63) is 0 Å². The molecule has 0 bridgehead atoms. The third kappa shape index (κ3) is 4.55. The molecule has 0 atom stereocenters. The lowest BCUT2D eigenvalue weighted by molar-refractivity contribution is -0.131. The summed E-state index contributed by atoms with van der Waals surface area (Å²) >= 11 is 1.50. The molecule has 0 radical (unpaired) electrons. The fraction of sp³-hybridized carbons (Fsp3) is 0.800. The normalized spacial score (nSPS) is 10.0. The third-order valence-corrected chi connectivity index (χ3v) is 1.42. The predicted molar refractivity (Wildman–Crippen MR) is 37.4 cm³/mol. The summed E-state index contributed by atoms with van der Waals surface area (Å²) in [7, 11) is 0. The van der Waals surface area contributed by atoms with Gasteiger partial charge in [-0.1, -0.05) is 0 Å². The van der Waals surface area contributed by atoms with E-state index in [9.17, 15) is 13.6 Å². The van der Waals surface area contributed by atoms with E-state index in [0.717, 1.165) is 0 Å². The molecular formula is C5H9F2NOS. The summed E-state index contributed by atoms with van der Waals surface area (Å²) in [4.78, 5) is 10.1. The molecule has 60 valence electrons. The van der Waals surface area contributed by atoms with E-state index in [-0.39, 0.29) is 0 Å². The molecule has 1 amide bonds. The number of carbonyl (C=O) groups is 1. The molecule has 0 aromatic heterocycles. The van der Waals surface area contributed by atoms with E-state index < -0.39 is 12.3 Å². The highest BCUT2D eigenvalue weighted by atomic mass is 32.2. The summed E-state index contributed by atoms with van der Waals surface area (Å²) in [6.45, 7) is 0.310. The first-order chi connectivity index (χ1) is 4.68. The fourth-order valence-corrected chi connectivity index (χ4v) is 0.660. The minimum absolute atomic E-state index is 0.310. The summed E-state index contributed by atoms with van der Waals surface area (Å²) in [5.74, 6) is -0.521. The number of amides is 1. The molecule has 5 heteroatoms. The van der Waals surface area contributed by atoms with Gasteiger partial charge in [-0.25, -0.2) is 0 Å². The molecule has 0 aromatic carbocycles. The molecule has 0 aromatic rings. The Balaban J connectivity index is 3.22. The van der Waals surface area contributed by atoms with Gasteiger partial charge in [0.05, 0.1) is 0 Å². The minimum atomic E-state index is -2.89. The van der Waals surface area contributed by atoms with Crippen LogP contribution in [0.3, 0.4) is 0 Å². The number of hydrogen-bond donors (Lipinski definition) is 1. The number of halogens is 2. The molecule has 0 saturated carbocycles. The molecule has 1 N–H and O–H groups in total. The number of hydrogen-bond acceptors (Lipinski definition) is 2. The second kappa shape index (κ2) is 5.46. The third-order valence-electron chi connectivity index (χ3n) is 0.804. The van der Waals surface area contributed by atoms with Crippen LogP contribution in [0, 0.1) is 0 Å². The summed E-state index contributed by atoms with van der Waals surface area (Å²) in [5, 5.41) is 2.07. The van der Waals surface area contributed by atoms with Gasteiger partial charge in [-0.05, 0) is 6.26 Å². The van der Waals surface area contributed by atoms with Crippen molar-refractivity contribution in [1.82, 2.24) is 5.32 Å². The standard InChI is InChI=1S/C5H9F2NOS/c1-10-3-2-8-5(9)4(6)7/h4H,2-3H2,1H3,(H,8,9). The molecule has 0 rings (SSSR count). The van der Waals surface area contributed by atoms with Gasteiger partial charge >= 0.3 is 6.43 Å². The van der Waals surface area contributed by atoms with Crippen LogP contribution in [0.15, 0.2) is 0 Å². The number of thioether (sulfide) groups is 1. The molecule has 10 heavy (non-hydrogen) atoms. The Bertz CT molecular complexity index is 110. The Labute approximate surface area is 62.4 Å². The fourth-order valence-electron chi connectivity index (χ4n) is 0.353. The number of rotatable bonds is 4. The predicted octanol–water partition coefficient (Wildman–Crippen LogP) is 0.731. The van der Waals surface area contributed by atoms with Crippen molar-refractivity contribution in [2.75, 3.05) is 18.6 Å². The molecule has 0 fully saturated rings. The van der Waals surface area contributed by atoms with Crippen LogP contribution in [-0.4, -0.2) is 30.9 Å². The van der Waals surface area contributed by atoms with Crippen molar-refractivity contribution < 1.29 is 13.6 Å². The topological polar surface area (TPSA) is 29.1 Å². The van der Waals surface area contributed by atoms with Gasteiger partial charge in [0.1, 0.15) is 0 Å². The monoisotopic (exact) mass is 169 g/mol. The summed E-state index contributed by atoms with van der Waals surface area (Å²) < 4.78 is 22.9. The van der Waals surface area contributed by atoms with Crippen LogP contribution >= 0.6 is 11.8 Å². The van der Waals surface area contributed by atoms with E-state index in [1.165, 1.54) is 11.8 Å². The van der Waals surface area contributed by atoms with Gasteiger partial charge < -0.3 is 5.32 Å². The van der Waals surface area contributed by atoms with Crippen LogP contribution in [0.4, 0.5) is 8.78 Å². The Morgan fingerprint density at radius 1 is 1.70 bits per heavy atom. The lowest BCUT2D eigenvalue weighted by Crippen LogP contribution is -2.31. The van der Waals surface area contributed by atoms with Crippen molar-refractivity contribution in [2.45, 2.75) is 6.43 Å². The maximum Gasteiger partial charge on any atom is 0.315 e. The zero-order chi connectivity index (χ0) is 7.98. The molecule has 0 unspecified atom stereocenters. The average Bonchev–Trinajstić information content (AvgIpc) is 1.88. The summed E-state index contributed by atoms with van der Waals surface area (Å²) in [6, 6.07) is 0. The van der Waals surface area contributed by atoms with Crippen molar-refractivity contribution in [3.63, 3.8) is 0 Å². The Morgan fingerprint density at radius 2 is 2.30 bits per heavy atom. The van der Waals surface area contributed by atoms with Gasteiger partial charge in [-0.15, -0.1) is 0 Å². The maximum atomic E-state index is 11.4. The molecule has 0 aliphatic rings. The average molecular weight is 169 g/mol. The number of carbonyl (C=O) groups excluding carboxylic acids is 1. The highest BCUT2D eigenvalue weighted by Crippen LogP contribution is 1.92. The van der Waals surface area contributed by atoms with E-state index in [4.69, 9.17) is 0 Å². The molecule has 2 nitrogen and oxygen atoms in total. The SMILES string of the molecule is CSCCNC(=O)C(F)F. The van der Waals surface area contributed by atoms with E-state index in [0.29, 0.717) is 12.3 Å². The van der Waals surface area contributed by atoms with Gasteiger partial charge in [0, 0.05) is 12.3 Å². The smallest absolute Gasteiger partial charge is 0.315 e. The Hall–Kier alpha value is -0.320. The lowest BCUT2D eigenvalue weighted by atomic mass is 10.6. The largest absolute Gasteiger partial charge is 0.350 e. The van der Waals surface area contributed by atoms with E-state index >= 15 is 0 Å². The first-order valence-corrected chi connectivity index (χ1v) is 4.12. The van der Waals surface area contributed by atoms with E-state index in [2.05, 4.69) is 5.32 Å². The maximum absolute atomic E-state index is 11.4. The van der Waals surface area contributed by atoms with Crippen LogP contribution in [0.2, 0.25) is 0 Å². The van der Waals surface area contributed by atoms with Crippen LogP contribution in [-0.2, 0) is 4.79 Å². The molecule has 0 saturated heterocycles. The van der Waals surface area contributed by atoms with Gasteiger partial charge in [-0.3, -0.25) is 4.79 Å². The lowest BCUT2D eigenvalue weighted by Gasteiger charge is -2.00. The van der Waals surface area contributed by atoms with Crippen molar-refractivity contribution in [2.24, 2.45) is 0 Å². The number of nitrogens with one attached hydrogen (secondary N) is 1. The molecular weight excluding hydrogens is 160 g/mol. The highest BCUT2D eigenvalue weighted by Gasteiger charge is 2.12. The zero-order valence-electron chi connectivity index (χ0n) is 5.56. The first kappa shape index (κ1) is 9.68. The Morgan fingerprint density at radius 3 is 2.70 bits per heavy atom. The molecule has 0 spiro atoms. The van der Waals surface area contributed by atoms with Crippen LogP contribution in [0.1, 0.15) is 0 Å². The van der Waals surface area contributed by atoms with Gasteiger partial charge in [0.15, 0.2) is 0 Å². The van der Waals surface area contributed by atoms with Crippen molar-refractivity contribution >= 4 is 17.7 Å². The Kier molecular flexibility index (Phi) is 5.29. The van der Waals surface area contributed by atoms with E-state index in [1.54, 1.807) is 0 Å². The minimum Gasteiger partial charge on any atom is -0.350 e.